The number of hydrogen-bond donors (Lipinski definition) is 0. The van der Waals surface area contributed by atoms with Gasteiger partial charge in [0.15, 0.2) is 6.61 Å². The lowest BCUT2D eigenvalue weighted by Gasteiger charge is -2.19. The van der Waals surface area contributed by atoms with Crippen LogP contribution in [0.15, 0.2) is 54.6 Å². The van der Waals surface area contributed by atoms with Crippen LogP contribution < -0.4 is 4.90 Å². The van der Waals surface area contributed by atoms with Crippen molar-refractivity contribution in [2.45, 2.75) is 0 Å². The molecule has 0 bridgehead atoms. The number of para-hydroxylation sites is 2. The zero-order valence-corrected chi connectivity index (χ0v) is 13.0. The number of nitro groups is 1. The van der Waals surface area contributed by atoms with E-state index in [0.717, 1.165) is 4.90 Å². The number of esters is 1. The summed E-state index contributed by atoms with van der Waals surface area (Å²) in [4.78, 5) is 35.7. The van der Waals surface area contributed by atoms with Gasteiger partial charge in [0.1, 0.15) is 12.1 Å². The molecule has 0 unspecified atom stereocenters. The third-order valence-electron chi connectivity index (χ3n) is 3.25. The zero-order valence-electron chi connectivity index (χ0n) is 13.0. The Morgan fingerprint density at radius 2 is 1.76 bits per heavy atom. The van der Waals surface area contributed by atoms with Crippen molar-refractivity contribution in [1.82, 2.24) is 0 Å². The van der Waals surface area contributed by atoms with Gasteiger partial charge in [0, 0.05) is 11.8 Å². The molecule has 0 spiro atoms. The molecule has 0 N–H and O–H groups in total. The van der Waals surface area contributed by atoms with Crippen LogP contribution in [0.5, 0.6) is 0 Å². The highest BCUT2D eigenvalue weighted by Crippen LogP contribution is 2.19. The van der Waals surface area contributed by atoms with Gasteiger partial charge in [0.05, 0.1) is 11.0 Å². The van der Waals surface area contributed by atoms with Gasteiger partial charge in [-0.2, -0.15) is 5.26 Å². The van der Waals surface area contributed by atoms with Gasteiger partial charge in [-0.3, -0.25) is 19.8 Å². The van der Waals surface area contributed by atoms with Crippen molar-refractivity contribution < 1.29 is 19.2 Å². The predicted molar refractivity (Wildman–Crippen MR) is 87.8 cm³/mol. The van der Waals surface area contributed by atoms with Gasteiger partial charge < -0.3 is 4.74 Å². The van der Waals surface area contributed by atoms with Crippen LogP contribution in [0.3, 0.4) is 0 Å². The molecule has 2 aromatic rings. The molecule has 2 aromatic carbocycles. The number of hydrogen-bond acceptors (Lipinski definition) is 6. The summed E-state index contributed by atoms with van der Waals surface area (Å²) in [5, 5.41) is 19.8. The Hall–Kier alpha value is -3.73. The van der Waals surface area contributed by atoms with E-state index in [1.807, 2.05) is 6.07 Å². The fourth-order valence-electron chi connectivity index (χ4n) is 2.09. The van der Waals surface area contributed by atoms with Crippen LogP contribution in [0.2, 0.25) is 0 Å². The molecule has 2 rings (SSSR count). The molecule has 0 aliphatic rings. The molecule has 0 aliphatic heterocycles. The molecule has 0 fully saturated rings. The smallest absolute Gasteiger partial charge is 0.345 e. The van der Waals surface area contributed by atoms with Gasteiger partial charge in [0.25, 0.3) is 11.6 Å². The molecule has 8 heteroatoms. The molecule has 0 saturated carbocycles. The number of nitrogens with zero attached hydrogens (tertiary/aromatic N) is 3. The number of anilines is 1. The van der Waals surface area contributed by atoms with Crippen LogP contribution in [0.25, 0.3) is 0 Å². The molecule has 8 nitrogen and oxygen atoms in total. The van der Waals surface area contributed by atoms with Gasteiger partial charge in [-0.1, -0.05) is 30.3 Å². The molecule has 0 saturated heterocycles. The molecule has 25 heavy (non-hydrogen) atoms. The Morgan fingerprint density at radius 3 is 2.40 bits per heavy atom. The summed E-state index contributed by atoms with van der Waals surface area (Å²) in [6.07, 6.45) is 0. The summed E-state index contributed by atoms with van der Waals surface area (Å²) < 4.78 is 4.89. The molecule has 0 aliphatic carbocycles. The maximum atomic E-state index is 12.3. The van der Waals surface area contributed by atoms with Crippen molar-refractivity contribution in [2.24, 2.45) is 0 Å². The summed E-state index contributed by atoms with van der Waals surface area (Å²) in [5.74, 6) is -1.59. The number of amides is 1. The standard InChI is InChI=1S/C17H13N3O5/c18-10-11-19(13-6-2-1-3-7-13)16(21)12-25-17(22)14-8-4-5-9-15(14)20(23)24/h1-9H,11-12H2. The third kappa shape index (κ3) is 4.39. The molecular weight excluding hydrogens is 326 g/mol. The van der Waals surface area contributed by atoms with Crippen molar-refractivity contribution in [3.05, 3.63) is 70.3 Å². The number of nitriles is 1. The van der Waals surface area contributed by atoms with Crippen LogP contribution in [0.4, 0.5) is 11.4 Å². The topological polar surface area (TPSA) is 114 Å². The van der Waals surface area contributed by atoms with E-state index in [-0.39, 0.29) is 12.1 Å². The van der Waals surface area contributed by atoms with Crippen molar-refractivity contribution in [3.8, 4) is 6.07 Å². The quantitative estimate of drug-likeness (QED) is 0.345. The van der Waals surface area contributed by atoms with Gasteiger partial charge in [-0.15, -0.1) is 0 Å². The average Bonchev–Trinajstić information content (AvgIpc) is 2.64. The Labute approximate surface area is 143 Å². The van der Waals surface area contributed by atoms with E-state index in [9.17, 15) is 19.7 Å². The fourth-order valence-corrected chi connectivity index (χ4v) is 2.09. The highest BCUT2D eigenvalue weighted by atomic mass is 16.6. The number of carbonyl (C=O) groups excluding carboxylic acids is 2. The second kappa shape index (κ2) is 8.21. The second-order valence-corrected chi connectivity index (χ2v) is 4.82. The molecule has 126 valence electrons. The second-order valence-electron chi connectivity index (χ2n) is 4.82. The first-order valence-electron chi connectivity index (χ1n) is 7.17. The monoisotopic (exact) mass is 339 g/mol. The maximum absolute atomic E-state index is 12.3. The Balaban J connectivity index is 2.09. The van der Waals surface area contributed by atoms with Gasteiger partial charge in [-0.25, -0.2) is 4.79 Å². The SMILES string of the molecule is N#CCN(C(=O)COC(=O)c1ccccc1[N+](=O)[O-])c1ccccc1. The molecular formula is C17H13N3O5. The number of benzene rings is 2. The minimum atomic E-state index is -0.981. The van der Waals surface area contributed by atoms with E-state index >= 15 is 0 Å². The summed E-state index contributed by atoms with van der Waals surface area (Å²) in [5.41, 5.74) is -0.167. The van der Waals surface area contributed by atoms with Crippen molar-refractivity contribution in [3.63, 3.8) is 0 Å². The number of rotatable bonds is 6. The summed E-state index contributed by atoms with van der Waals surface area (Å²) in [6, 6.07) is 15.6. The molecule has 1 amide bonds. The van der Waals surface area contributed by atoms with E-state index in [1.54, 1.807) is 30.3 Å². The van der Waals surface area contributed by atoms with E-state index in [2.05, 4.69) is 0 Å². The fraction of sp³-hybridized carbons (Fsp3) is 0.118. The minimum absolute atomic E-state index is 0.216. The molecule has 0 heterocycles. The summed E-state index contributed by atoms with van der Waals surface area (Å²) >= 11 is 0. The highest BCUT2D eigenvalue weighted by Gasteiger charge is 2.23. The molecule has 0 atom stereocenters. The van der Waals surface area contributed by atoms with Crippen molar-refractivity contribution in [2.75, 3.05) is 18.1 Å². The van der Waals surface area contributed by atoms with Crippen molar-refractivity contribution >= 4 is 23.3 Å². The number of carbonyl (C=O) groups is 2. The van der Waals surface area contributed by atoms with E-state index < -0.39 is 29.1 Å². The zero-order chi connectivity index (χ0) is 18.2. The summed E-state index contributed by atoms with van der Waals surface area (Å²) in [6.45, 7) is -0.854. The molecule has 0 radical (unpaired) electrons. The van der Waals surface area contributed by atoms with Crippen molar-refractivity contribution in [1.29, 1.82) is 5.26 Å². The number of ether oxygens (including phenoxy) is 1. The lowest BCUT2D eigenvalue weighted by molar-refractivity contribution is -0.385. The van der Waals surface area contributed by atoms with E-state index in [1.165, 1.54) is 24.3 Å². The van der Waals surface area contributed by atoms with Gasteiger partial charge in [0.2, 0.25) is 0 Å². The van der Waals surface area contributed by atoms with E-state index in [4.69, 9.17) is 10.00 Å². The van der Waals surface area contributed by atoms with Gasteiger partial charge >= 0.3 is 5.97 Å². The lowest BCUT2D eigenvalue weighted by atomic mass is 10.2. The third-order valence-corrected chi connectivity index (χ3v) is 3.25. The van der Waals surface area contributed by atoms with E-state index in [0.29, 0.717) is 5.69 Å². The Morgan fingerprint density at radius 1 is 1.12 bits per heavy atom. The van der Waals surface area contributed by atoms with Crippen LogP contribution in [0.1, 0.15) is 10.4 Å². The first-order valence-corrected chi connectivity index (χ1v) is 7.17. The molecule has 0 aromatic heterocycles. The van der Waals surface area contributed by atoms with Crippen LogP contribution in [-0.2, 0) is 9.53 Å². The predicted octanol–water partition coefficient (Wildman–Crippen LogP) is 2.31. The Bertz CT molecular complexity index is 830. The highest BCUT2D eigenvalue weighted by molar-refractivity contribution is 5.98. The largest absolute Gasteiger partial charge is 0.452 e. The first kappa shape index (κ1) is 17.6. The average molecular weight is 339 g/mol. The lowest BCUT2D eigenvalue weighted by Crippen LogP contribution is -2.35. The van der Waals surface area contributed by atoms with Crippen LogP contribution in [0, 0.1) is 21.4 Å². The van der Waals surface area contributed by atoms with Crippen LogP contribution >= 0.6 is 0 Å². The minimum Gasteiger partial charge on any atom is -0.452 e. The Kier molecular flexibility index (Phi) is 5.79. The normalized spacial score (nSPS) is 9.72. The van der Waals surface area contributed by atoms with Crippen LogP contribution in [-0.4, -0.2) is 30.0 Å². The number of nitro benzene ring substituents is 1. The first-order chi connectivity index (χ1) is 12.0. The van der Waals surface area contributed by atoms with Gasteiger partial charge in [-0.05, 0) is 18.2 Å². The maximum Gasteiger partial charge on any atom is 0.345 e. The summed E-state index contributed by atoms with van der Waals surface area (Å²) in [7, 11) is 0.